The molecule has 0 saturated heterocycles. The molecular formula is C10H17ClN4. The van der Waals surface area contributed by atoms with E-state index in [1.165, 1.54) is 0 Å². The van der Waals surface area contributed by atoms with Crippen molar-refractivity contribution in [1.82, 2.24) is 15.2 Å². The first-order valence-electron chi connectivity index (χ1n) is 5.26. The van der Waals surface area contributed by atoms with Crippen molar-refractivity contribution < 1.29 is 0 Å². The summed E-state index contributed by atoms with van der Waals surface area (Å²) in [6, 6.07) is 0.158. The fraction of sp³-hybridized carbons (Fsp3) is 0.700. The number of hydrogen-bond acceptors (Lipinski definition) is 4. The highest BCUT2D eigenvalue weighted by atomic mass is 35.5. The van der Waals surface area contributed by atoms with Gasteiger partial charge in [0.2, 0.25) is 5.95 Å². The van der Waals surface area contributed by atoms with Gasteiger partial charge in [0.15, 0.2) is 0 Å². The van der Waals surface area contributed by atoms with Crippen LogP contribution in [-0.2, 0) is 12.8 Å². The Labute approximate surface area is 95.5 Å². The van der Waals surface area contributed by atoms with Crippen molar-refractivity contribution in [3.63, 3.8) is 0 Å². The molecule has 4 nitrogen and oxygen atoms in total. The monoisotopic (exact) mass is 228 g/mol. The number of nitrogens with one attached hydrogen (secondary N) is 1. The van der Waals surface area contributed by atoms with E-state index in [0.717, 1.165) is 24.2 Å². The summed E-state index contributed by atoms with van der Waals surface area (Å²) in [6.45, 7) is 6.10. The molecule has 0 fully saturated rings. The zero-order valence-electron chi connectivity index (χ0n) is 9.42. The minimum absolute atomic E-state index is 0.158. The lowest BCUT2D eigenvalue weighted by Crippen LogP contribution is -2.20. The van der Waals surface area contributed by atoms with Crippen LogP contribution in [0.5, 0.6) is 0 Å². The van der Waals surface area contributed by atoms with Gasteiger partial charge in [0.05, 0.1) is 11.4 Å². The van der Waals surface area contributed by atoms with Crippen LogP contribution in [0.25, 0.3) is 0 Å². The van der Waals surface area contributed by atoms with Gasteiger partial charge < -0.3 is 5.32 Å². The average molecular weight is 229 g/mol. The van der Waals surface area contributed by atoms with Gasteiger partial charge in [-0.2, -0.15) is 5.10 Å². The van der Waals surface area contributed by atoms with Crippen molar-refractivity contribution in [2.24, 2.45) is 0 Å². The maximum absolute atomic E-state index is 5.70. The largest absolute Gasteiger partial charge is 0.349 e. The molecule has 15 heavy (non-hydrogen) atoms. The second-order valence-corrected chi connectivity index (χ2v) is 3.74. The second kappa shape index (κ2) is 5.85. The Kier molecular flexibility index (Phi) is 4.75. The fourth-order valence-corrected chi connectivity index (χ4v) is 1.34. The molecule has 1 atom stereocenters. The Morgan fingerprint density at radius 2 is 1.87 bits per heavy atom. The van der Waals surface area contributed by atoms with Gasteiger partial charge in [-0.1, -0.05) is 13.8 Å². The van der Waals surface area contributed by atoms with Crippen molar-refractivity contribution in [2.75, 3.05) is 11.2 Å². The van der Waals surface area contributed by atoms with Crippen LogP contribution in [0.1, 0.15) is 32.2 Å². The van der Waals surface area contributed by atoms with Crippen LogP contribution in [0.2, 0.25) is 0 Å². The van der Waals surface area contributed by atoms with Gasteiger partial charge in [-0.3, -0.25) is 0 Å². The summed E-state index contributed by atoms with van der Waals surface area (Å²) in [4.78, 5) is 4.41. The molecule has 0 aliphatic heterocycles. The van der Waals surface area contributed by atoms with E-state index in [1.54, 1.807) is 0 Å². The van der Waals surface area contributed by atoms with E-state index in [4.69, 9.17) is 11.6 Å². The van der Waals surface area contributed by atoms with E-state index in [0.29, 0.717) is 11.8 Å². The van der Waals surface area contributed by atoms with E-state index in [9.17, 15) is 0 Å². The van der Waals surface area contributed by atoms with Crippen molar-refractivity contribution >= 4 is 17.5 Å². The van der Waals surface area contributed by atoms with Gasteiger partial charge in [0.25, 0.3) is 0 Å². The van der Waals surface area contributed by atoms with Crippen molar-refractivity contribution in [2.45, 2.75) is 39.7 Å². The molecule has 0 amide bonds. The molecular weight excluding hydrogens is 212 g/mol. The first-order chi connectivity index (χ1) is 7.21. The van der Waals surface area contributed by atoms with Gasteiger partial charge >= 0.3 is 0 Å². The van der Waals surface area contributed by atoms with Crippen molar-refractivity contribution in [3.8, 4) is 0 Å². The number of nitrogens with zero attached hydrogens (tertiary/aromatic N) is 3. The summed E-state index contributed by atoms with van der Waals surface area (Å²) in [5.74, 6) is 1.09. The Morgan fingerprint density at radius 3 is 2.40 bits per heavy atom. The highest BCUT2D eigenvalue weighted by Crippen LogP contribution is 2.07. The number of rotatable bonds is 5. The number of hydrogen-bond donors (Lipinski definition) is 1. The quantitative estimate of drug-likeness (QED) is 0.784. The minimum Gasteiger partial charge on any atom is -0.349 e. The molecule has 0 aliphatic rings. The summed E-state index contributed by atoms with van der Waals surface area (Å²) < 4.78 is 0. The summed E-state index contributed by atoms with van der Waals surface area (Å²) in [6.07, 6.45) is 1.75. The Bertz CT molecular complexity index is 316. The zero-order valence-corrected chi connectivity index (χ0v) is 10.2. The maximum Gasteiger partial charge on any atom is 0.243 e. The van der Waals surface area contributed by atoms with Crippen LogP contribution in [0.4, 0.5) is 5.95 Å². The van der Waals surface area contributed by atoms with Crippen LogP contribution in [0, 0.1) is 0 Å². The molecule has 1 aromatic heterocycles. The fourth-order valence-electron chi connectivity index (χ4n) is 1.26. The minimum atomic E-state index is 0.158. The Hall–Kier alpha value is -0.900. The maximum atomic E-state index is 5.70. The molecule has 1 rings (SSSR count). The van der Waals surface area contributed by atoms with Gasteiger partial charge in [-0.05, 0) is 19.8 Å². The van der Waals surface area contributed by atoms with E-state index in [2.05, 4.69) is 34.3 Å². The highest BCUT2D eigenvalue weighted by molar-refractivity contribution is 6.18. The van der Waals surface area contributed by atoms with Gasteiger partial charge in [-0.25, -0.2) is 4.98 Å². The third kappa shape index (κ3) is 3.30. The number of anilines is 1. The first kappa shape index (κ1) is 12.2. The summed E-state index contributed by atoms with van der Waals surface area (Å²) in [5, 5.41) is 11.3. The number of halogens is 1. The average Bonchev–Trinajstić information content (AvgIpc) is 2.28. The summed E-state index contributed by atoms with van der Waals surface area (Å²) in [7, 11) is 0. The van der Waals surface area contributed by atoms with E-state index in [-0.39, 0.29) is 6.04 Å². The molecule has 0 aliphatic carbocycles. The van der Waals surface area contributed by atoms with Gasteiger partial charge in [-0.15, -0.1) is 16.7 Å². The summed E-state index contributed by atoms with van der Waals surface area (Å²) >= 11 is 5.70. The van der Waals surface area contributed by atoms with E-state index >= 15 is 0 Å². The molecule has 5 heteroatoms. The zero-order chi connectivity index (χ0) is 11.3. The molecule has 0 aromatic carbocycles. The standard InChI is InChI=1S/C10H17ClN4/c1-4-8-9(5-2)14-15-10(13-8)12-7(3)6-11/h7H,4-6H2,1-3H3,(H,12,13,15). The SMILES string of the molecule is CCc1nnc(NC(C)CCl)nc1CC. The topological polar surface area (TPSA) is 50.7 Å². The third-order valence-electron chi connectivity index (χ3n) is 2.12. The molecule has 84 valence electrons. The lowest BCUT2D eigenvalue weighted by Gasteiger charge is -2.11. The Balaban J connectivity index is 2.83. The highest BCUT2D eigenvalue weighted by Gasteiger charge is 2.07. The lowest BCUT2D eigenvalue weighted by molar-refractivity contribution is 0.797. The van der Waals surface area contributed by atoms with Crippen LogP contribution in [0.15, 0.2) is 0 Å². The van der Waals surface area contributed by atoms with Crippen molar-refractivity contribution in [1.29, 1.82) is 0 Å². The molecule has 1 unspecified atom stereocenters. The molecule has 1 heterocycles. The van der Waals surface area contributed by atoms with Crippen LogP contribution < -0.4 is 5.32 Å². The number of alkyl halides is 1. The molecule has 0 bridgehead atoms. The van der Waals surface area contributed by atoms with Crippen molar-refractivity contribution in [3.05, 3.63) is 11.4 Å². The van der Waals surface area contributed by atoms with Gasteiger partial charge in [0, 0.05) is 11.9 Å². The number of aryl methyl sites for hydroxylation is 2. The number of aromatic nitrogens is 3. The Morgan fingerprint density at radius 1 is 1.20 bits per heavy atom. The van der Waals surface area contributed by atoms with E-state index in [1.807, 2.05) is 6.92 Å². The smallest absolute Gasteiger partial charge is 0.243 e. The normalized spacial score (nSPS) is 12.5. The first-order valence-corrected chi connectivity index (χ1v) is 5.79. The summed E-state index contributed by atoms with van der Waals surface area (Å²) in [5.41, 5.74) is 1.98. The van der Waals surface area contributed by atoms with Crippen LogP contribution >= 0.6 is 11.6 Å². The second-order valence-electron chi connectivity index (χ2n) is 3.44. The molecule has 0 spiro atoms. The van der Waals surface area contributed by atoms with Crippen LogP contribution in [-0.4, -0.2) is 27.1 Å². The van der Waals surface area contributed by atoms with E-state index < -0.39 is 0 Å². The van der Waals surface area contributed by atoms with Crippen LogP contribution in [0.3, 0.4) is 0 Å². The molecule has 0 radical (unpaired) electrons. The predicted molar refractivity (Wildman–Crippen MR) is 62.4 cm³/mol. The molecule has 1 aromatic rings. The molecule has 0 saturated carbocycles. The van der Waals surface area contributed by atoms with Gasteiger partial charge in [0.1, 0.15) is 0 Å². The third-order valence-corrected chi connectivity index (χ3v) is 2.58. The lowest BCUT2D eigenvalue weighted by atomic mass is 10.2. The predicted octanol–water partition coefficient (Wildman–Crippen LogP) is 2.04. The molecule has 1 N–H and O–H groups in total.